The number of carbonyl (C=O) groups is 1. The van der Waals surface area contributed by atoms with Crippen molar-refractivity contribution in [2.75, 3.05) is 0 Å². The van der Waals surface area contributed by atoms with E-state index in [4.69, 9.17) is 0 Å². The highest BCUT2D eigenvalue weighted by Crippen LogP contribution is 2.33. The third kappa shape index (κ3) is 5.92. The van der Waals surface area contributed by atoms with Crippen molar-refractivity contribution in [3.63, 3.8) is 0 Å². The third-order valence-corrected chi connectivity index (χ3v) is 5.60. The summed E-state index contributed by atoms with van der Waals surface area (Å²) in [4.78, 5) is 11.5. The summed E-state index contributed by atoms with van der Waals surface area (Å²) in [7, 11) is -4.44. The normalized spacial score (nSPS) is 12.5. The number of benzene rings is 2. The Labute approximate surface area is 189 Å². The second-order valence-electron chi connectivity index (χ2n) is 8.38. The molecule has 0 atom stereocenters. The fourth-order valence-corrected chi connectivity index (χ4v) is 3.68. The van der Waals surface area contributed by atoms with Crippen LogP contribution in [0.15, 0.2) is 59.5 Å². The number of aromatic nitrogens is 2. The molecule has 2 aromatic carbocycles. The number of hydrogen-bond donors (Lipinski definition) is 1. The van der Waals surface area contributed by atoms with Gasteiger partial charge >= 0.3 is 22.4 Å². The molecule has 1 aromatic heterocycles. The molecule has 0 aliphatic rings. The molecule has 33 heavy (non-hydrogen) atoms. The van der Waals surface area contributed by atoms with Crippen molar-refractivity contribution < 1.29 is 30.6 Å². The molecule has 0 saturated carbocycles. The number of aryl methyl sites for hydroxylation is 1. The highest BCUT2D eigenvalue weighted by Gasteiger charge is 2.35. The molecular weight excluding hydrogens is 459 g/mol. The number of nitrogens with zero attached hydrogens (tertiary/aromatic N) is 2. The maximum atomic E-state index is 13.3. The number of halogens is 3. The molecule has 0 aliphatic carbocycles. The molecule has 3 rings (SSSR count). The molecule has 0 saturated heterocycles. The van der Waals surface area contributed by atoms with Gasteiger partial charge in [0.1, 0.15) is 4.90 Å². The Morgan fingerprint density at radius 2 is 1.58 bits per heavy atom. The van der Waals surface area contributed by atoms with Crippen molar-refractivity contribution in [3.05, 3.63) is 65.9 Å². The predicted molar refractivity (Wildman–Crippen MR) is 115 cm³/mol. The van der Waals surface area contributed by atoms with Crippen LogP contribution in [0.2, 0.25) is 0 Å². The topological polar surface area (TPSA) is 90.3 Å². The minimum absolute atomic E-state index is 0.179. The van der Waals surface area contributed by atoms with Crippen molar-refractivity contribution in [1.29, 1.82) is 0 Å². The van der Waals surface area contributed by atoms with Gasteiger partial charge in [0.05, 0.1) is 11.4 Å². The van der Waals surface area contributed by atoms with Crippen LogP contribution in [-0.4, -0.2) is 29.8 Å². The SMILES string of the molecule is Cc1ccc(-c2cc(C(F)(F)F)nn2-c2ccc(S(=O)(=O)OC(=O)NC(C)(C)C)cc2)cc1. The van der Waals surface area contributed by atoms with E-state index in [2.05, 4.69) is 14.6 Å². The monoisotopic (exact) mass is 481 g/mol. The Hall–Kier alpha value is -3.34. The van der Waals surface area contributed by atoms with Gasteiger partial charge in [0.25, 0.3) is 0 Å². The minimum atomic E-state index is -4.66. The second kappa shape index (κ2) is 8.54. The molecule has 0 unspecified atom stereocenters. The van der Waals surface area contributed by atoms with Gasteiger partial charge in [0.15, 0.2) is 5.69 Å². The highest BCUT2D eigenvalue weighted by atomic mass is 32.2. The maximum Gasteiger partial charge on any atom is 0.435 e. The Balaban J connectivity index is 1.97. The quantitative estimate of drug-likeness (QED) is 0.525. The largest absolute Gasteiger partial charge is 0.435 e. The van der Waals surface area contributed by atoms with Gasteiger partial charge in [-0.15, -0.1) is 0 Å². The molecular formula is C22H22F3N3O4S. The Morgan fingerprint density at radius 1 is 1.00 bits per heavy atom. The van der Waals surface area contributed by atoms with Gasteiger partial charge in [-0.1, -0.05) is 29.8 Å². The van der Waals surface area contributed by atoms with Crippen LogP contribution >= 0.6 is 0 Å². The van der Waals surface area contributed by atoms with E-state index in [0.29, 0.717) is 5.56 Å². The number of carbonyl (C=O) groups excluding carboxylic acids is 1. The van der Waals surface area contributed by atoms with Gasteiger partial charge < -0.3 is 9.50 Å². The van der Waals surface area contributed by atoms with Crippen LogP contribution in [-0.2, 0) is 20.5 Å². The van der Waals surface area contributed by atoms with Crippen LogP contribution in [0.5, 0.6) is 0 Å². The molecule has 1 heterocycles. The molecule has 0 radical (unpaired) electrons. The molecule has 7 nitrogen and oxygen atoms in total. The van der Waals surface area contributed by atoms with Crippen molar-refractivity contribution in [3.8, 4) is 16.9 Å². The van der Waals surface area contributed by atoms with Gasteiger partial charge in [0, 0.05) is 11.1 Å². The summed E-state index contributed by atoms with van der Waals surface area (Å²) in [5, 5.41) is 6.05. The molecule has 11 heteroatoms. The fraction of sp³-hybridized carbons (Fsp3) is 0.273. The average molecular weight is 481 g/mol. The van der Waals surface area contributed by atoms with E-state index in [1.165, 1.54) is 12.1 Å². The predicted octanol–water partition coefficient (Wildman–Crippen LogP) is 5.08. The Kier molecular flexibility index (Phi) is 6.29. The summed E-state index contributed by atoms with van der Waals surface area (Å²) in [5.41, 5.74) is 0.0160. The summed E-state index contributed by atoms with van der Waals surface area (Å²) >= 11 is 0. The first-order chi connectivity index (χ1) is 15.2. The Morgan fingerprint density at radius 3 is 2.09 bits per heavy atom. The number of rotatable bonds is 4. The van der Waals surface area contributed by atoms with E-state index in [9.17, 15) is 26.4 Å². The van der Waals surface area contributed by atoms with Crippen LogP contribution < -0.4 is 5.32 Å². The number of alkyl halides is 3. The van der Waals surface area contributed by atoms with E-state index >= 15 is 0 Å². The molecule has 1 N–H and O–H groups in total. The first-order valence-electron chi connectivity index (χ1n) is 9.77. The van der Waals surface area contributed by atoms with E-state index in [1.807, 2.05) is 6.92 Å². The summed E-state index contributed by atoms with van der Waals surface area (Å²) in [6, 6.07) is 12.6. The molecule has 0 aliphatic heterocycles. The van der Waals surface area contributed by atoms with E-state index in [-0.39, 0.29) is 16.3 Å². The second-order valence-corrected chi connectivity index (χ2v) is 9.93. The first-order valence-corrected chi connectivity index (χ1v) is 11.2. The number of amides is 1. The summed E-state index contributed by atoms with van der Waals surface area (Å²) in [6.45, 7) is 6.81. The van der Waals surface area contributed by atoms with Gasteiger partial charge in [-0.2, -0.15) is 26.7 Å². The van der Waals surface area contributed by atoms with Gasteiger partial charge in [0.2, 0.25) is 0 Å². The van der Waals surface area contributed by atoms with E-state index in [1.54, 1.807) is 45.0 Å². The van der Waals surface area contributed by atoms with Gasteiger partial charge in [-0.25, -0.2) is 9.48 Å². The summed E-state index contributed by atoms with van der Waals surface area (Å²) in [5.74, 6) is 0. The first kappa shape index (κ1) is 24.3. The van der Waals surface area contributed by atoms with Crippen molar-refractivity contribution in [1.82, 2.24) is 15.1 Å². The number of hydrogen-bond acceptors (Lipinski definition) is 5. The summed E-state index contributed by atoms with van der Waals surface area (Å²) < 4.78 is 70.4. The zero-order valence-corrected chi connectivity index (χ0v) is 19.1. The summed E-state index contributed by atoms with van der Waals surface area (Å²) in [6.07, 6.45) is -5.81. The van der Waals surface area contributed by atoms with Crippen LogP contribution in [0.4, 0.5) is 18.0 Å². The van der Waals surface area contributed by atoms with Crippen molar-refractivity contribution >= 4 is 16.2 Å². The van der Waals surface area contributed by atoms with Crippen LogP contribution in [0.3, 0.4) is 0 Å². The number of nitrogens with one attached hydrogen (secondary N) is 1. The standard InChI is InChI=1S/C22H22F3N3O4S/c1-14-5-7-15(8-6-14)18-13-19(22(23,24)25)27-28(18)16-9-11-17(12-10-16)33(30,31)32-20(29)26-21(2,3)4/h5-13H,1-4H3,(H,26,29). The molecule has 0 fully saturated rings. The lowest BCUT2D eigenvalue weighted by Gasteiger charge is -2.19. The fourth-order valence-electron chi connectivity index (χ4n) is 2.88. The minimum Gasteiger partial charge on any atom is -0.324 e. The smallest absolute Gasteiger partial charge is 0.324 e. The van der Waals surface area contributed by atoms with Crippen LogP contribution in [0, 0.1) is 6.92 Å². The van der Waals surface area contributed by atoms with Gasteiger partial charge in [-0.3, -0.25) is 0 Å². The molecule has 3 aromatic rings. The lowest BCUT2D eigenvalue weighted by atomic mass is 10.1. The highest BCUT2D eigenvalue weighted by molar-refractivity contribution is 7.87. The molecule has 0 spiro atoms. The molecule has 0 bridgehead atoms. The molecule has 176 valence electrons. The zero-order valence-electron chi connectivity index (χ0n) is 18.3. The van der Waals surface area contributed by atoms with Crippen LogP contribution in [0.25, 0.3) is 16.9 Å². The maximum absolute atomic E-state index is 13.3. The Bertz CT molecular complexity index is 1260. The van der Waals surface area contributed by atoms with Gasteiger partial charge in [-0.05, 0) is 58.0 Å². The third-order valence-electron chi connectivity index (χ3n) is 4.38. The van der Waals surface area contributed by atoms with E-state index < -0.39 is 33.6 Å². The lowest BCUT2D eigenvalue weighted by Crippen LogP contribution is -2.41. The van der Waals surface area contributed by atoms with Crippen LogP contribution in [0.1, 0.15) is 32.0 Å². The average Bonchev–Trinajstić information content (AvgIpc) is 3.12. The van der Waals surface area contributed by atoms with Crippen molar-refractivity contribution in [2.45, 2.75) is 44.3 Å². The van der Waals surface area contributed by atoms with Crippen molar-refractivity contribution in [2.24, 2.45) is 0 Å². The molecule has 1 amide bonds. The zero-order chi connectivity index (χ0) is 24.6. The lowest BCUT2D eigenvalue weighted by molar-refractivity contribution is -0.141. The van der Waals surface area contributed by atoms with E-state index in [0.717, 1.165) is 28.4 Å².